The first-order chi connectivity index (χ1) is 14.0. The van der Waals surface area contributed by atoms with Gasteiger partial charge in [0.2, 0.25) is 5.78 Å². The molecule has 0 atom stereocenters. The molecule has 0 bridgehead atoms. The zero-order chi connectivity index (χ0) is 20.4. The third kappa shape index (κ3) is 3.87. The van der Waals surface area contributed by atoms with E-state index in [4.69, 9.17) is 14.2 Å². The maximum atomic E-state index is 13.3. The van der Waals surface area contributed by atoms with E-state index in [2.05, 4.69) is 0 Å². The molecule has 0 saturated carbocycles. The van der Waals surface area contributed by atoms with Gasteiger partial charge in [-0.05, 0) is 54.1 Å². The van der Waals surface area contributed by atoms with Crippen molar-refractivity contribution in [2.45, 2.75) is 0 Å². The summed E-state index contributed by atoms with van der Waals surface area (Å²) in [4.78, 5) is 24.7. The molecule has 0 unspecified atom stereocenters. The molecule has 6 heteroatoms. The Balaban J connectivity index is 1.53. The average Bonchev–Trinajstić information content (AvgIpc) is 3.03. The molecular formula is C23H15FO5. The van der Waals surface area contributed by atoms with Crippen LogP contribution in [0.25, 0.3) is 6.08 Å². The third-order valence-corrected chi connectivity index (χ3v) is 4.33. The second-order valence-corrected chi connectivity index (χ2v) is 6.27. The highest BCUT2D eigenvalue weighted by molar-refractivity contribution is 6.14. The van der Waals surface area contributed by atoms with Gasteiger partial charge in [-0.2, -0.15) is 0 Å². The van der Waals surface area contributed by atoms with Crippen LogP contribution < -0.4 is 14.2 Å². The van der Waals surface area contributed by atoms with E-state index >= 15 is 0 Å². The van der Waals surface area contributed by atoms with Crippen molar-refractivity contribution in [3.05, 3.63) is 95.0 Å². The second kappa shape index (κ2) is 7.59. The first-order valence-corrected chi connectivity index (χ1v) is 8.73. The highest BCUT2D eigenvalue weighted by Gasteiger charge is 2.28. The molecule has 0 radical (unpaired) electrons. The van der Waals surface area contributed by atoms with E-state index in [-0.39, 0.29) is 22.9 Å². The molecule has 1 aliphatic heterocycles. The molecule has 3 aromatic rings. The third-order valence-electron chi connectivity index (χ3n) is 4.33. The van der Waals surface area contributed by atoms with Gasteiger partial charge in [0, 0.05) is 6.07 Å². The Hall–Kier alpha value is -3.93. The van der Waals surface area contributed by atoms with Gasteiger partial charge >= 0.3 is 5.97 Å². The summed E-state index contributed by atoms with van der Waals surface area (Å²) in [5.74, 6) is -0.148. The average molecular weight is 390 g/mol. The van der Waals surface area contributed by atoms with E-state index in [1.807, 2.05) is 0 Å². The molecule has 0 N–H and O–H groups in total. The summed E-state index contributed by atoms with van der Waals surface area (Å²) in [5.41, 5.74) is 1.23. The zero-order valence-electron chi connectivity index (χ0n) is 15.3. The minimum Gasteiger partial charge on any atom is -0.497 e. The summed E-state index contributed by atoms with van der Waals surface area (Å²) in [7, 11) is 1.58. The van der Waals surface area contributed by atoms with Crippen LogP contribution in [0.3, 0.4) is 0 Å². The van der Waals surface area contributed by atoms with Crippen LogP contribution >= 0.6 is 0 Å². The van der Waals surface area contributed by atoms with Gasteiger partial charge < -0.3 is 14.2 Å². The number of carbonyl (C=O) groups is 2. The number of halogens is 1. The van der Waals surface area contributed by atoms with Crippen LogP contribution in [0, 0.1) is 5.82 Å². The molecule has 0 spiro atoms. The van der Waals surface area contributed by atoms with Gasteiger partial charge in [0.25, 0.3) is 0 Å². The summed E-state index contributed by atoms with van der Waals surface area (Å²) < 4.78 is 29.3. The number of ether oxygens (including phenoxy) is 3. The number of rotatable bonds is 4. The summed E-state index contributed by atoms with van der Waals surface area (Å²) in [6.45, 7) is 0. The molecule has 29 heavy (non-hydrogen) atoms. The lowest BCUT2D eigenvalue weighted by Crippen LogP contribution is -2.08. The van der Waals surface area contributed by atoms with Crippen LogP contribution in [0.2, 0.25) is 0 Å². The number of hydrogen-bond acceptors (Lipinski definition) is 5. The van der Waals surface area contributed by atoms with Crippen LogP contribution in [-0.2, 0) is 0 Å². The van der Waals surface area contributed by atoms with Crippen LogP contribution in [0.5, 0.6) is 17.2 Å². The second-order valence-electron chi connectivity index (χ2n) is 6.27. The molecule has 0 fully saturated rings. The summed E-state index contributed by atoms with van der Waals surface area (Å²) in [6, 6.07) is 16.9. The predicted octanol–water partition coefficient (Wildman–Crippen LogP) is 4.67. The molecule has 144 valence electrons. The Morgan fingerprint density at radius 1 is 1.00 bits per heavy atom. The number of esters is 1. The van der Waals surface area contributed by atoms with E-state index in [1.54, 1.807) is 37.5 Å². The number of allylic oxidation sites excluding steroid dienone is 1. The maximum absolute atomic E-state index is 13.3. The summed E-state index contributed by atoms with van der Waals surface area (Å²) in [5, 5.41) is 0. The van der Waals surface area contributed by atoms with E-state index in [1.165, 1.54) is 36.4 Å². The molecular weight excluding hydrogens is 375 g/mol. The fourth-order valence-corrected chi connectivity index (χ4v) is 2.86. The standard InChI is InChI=1S/C23H15FO5/c1-27-17-7-5-14(6-8-17)11-21-22(25)19-10-9-18(13-20(19)29-21)28-23(26)15-3-2-4-16(24)12-15/h2-13H,1H3/b21-11-. The van der Waals surface area contributed by atoms with Crippen molar-refractivity contribution >= 4 is 17.8 Å². The molecule has 5 nitrogen and oxygen atoms in total. The number of ketones is 1. The quantitative estimate of drug-likeness (QED) is 0.368. The first-order valence-electron chi connectivity index (χ1n) is 8.73. The fraction of sp³-hybridized carbons (Fsp3) is 0.0435. The topological polar surface area (TPSA) is 61.8 Å². The van der Waals surface area contributed by atoms with Crippen LogP contribution in [-0.4, -0.2) is 18.9 Å². The van der Waals surface area contributed by atoms with Gasteiger partial charge in [-0.1, -0.05) is 18.2 Å². The van der Waals surface area contributed by atoms with Gasteiger partial charge in [-0.3, -0.25) is 4.79 Å². The number of carbonyl (C=O) groups excluding carboxylic acids is 2. The van der Waals surface area contributed by atoms with Gasteiger partial charge in [0.1, 0.15) is 23.1 Å². The molecule has 0 aliphatic carbocycles. The van der Waals surface area contributed by atoms with Crippen molar-refractivity contribution in [2.24, 2.45) is 0 Å². The van der Waals surface area contributed by atoms with Crippen molar-refractivity contribution in [3.63, 3.8) is 0 Å². The fourth-order valence-electron chi connectivity index (χ4n) is 2.86. The van der Waals surface area contributed by atoms with Crippen molar-refractivity contribution < 1.29 is 28.2 Å². The molecule has 4 rings (SSSR count). The monoisotopic (exact) mass is 390 g/mol. The SMILES string of the molecule is COc1ccc(/C=C2\Oc3cc(OC(=O)c4cccc(F)c4)ccc3C2=O)cc1. The predicted molar refractivity (Wildman–Crippen MR) is 104 cm³/mol. The molecule has 0 saturated heterocycles. The number of Topliss-reactive ketones (excluding diaryl/α,β-unsaturated/α-hetero) is 1. The van der Waals surface area contributed by atoms with E-state index in [0.717, 1.165) is 11.6 Å². The van der Waals surface area contributed by atoms with Gasteiger partial charge in [0.05, 0.1) is 18.2 Å². The highest BCUT2D eigenvalue weighted by Crippen LogP contribution is 2.35. The minimum absolute atomic E-state index is 0.0857. The van der Waals surface area contributed by atoms with Gasteiger partial charge in [0.15, 0.2) is 5.76 Å². The lowest BCUT2D eigenvalue weighted by molar-refractivity contribution is 0.0734. The molecule has 3 aromatic carbocycles. The normalized spacial score (nSPS) is 13.7. The lowest BCUT2D eigenvalue weighted by Gasteiger charge is -2.06. The van der Waals surface area contributed by atoms with Crippen molar-refractivity contribution in [1.29, 1.82) is 0 Å². The van der Waals surface area contributed by atoms with E-state index < -0.39 is 11.8 Å². The number of benzene rings is 3. The van der Waals surface area contributed by atoms with Crippen molar-refractivity contribution in [1.82, 2.24) is 0 Å². The zero-order valence-corrected chi connectivity index (χ0v) is 15.3. The van der Waals surface area contributed by atoms with E-state index in [9.17, 15) is 14.0 Å². The van der Waals surface area contributed by atoms with Crippen LogP contribution in [0.15, 0.2) is 72.5 Å². The summed E-state index contributed by atoms with van der Waals surface area (Å²) in [6.07, 6.45) is 1.63. The first kappa shape index (κ1) is 18.4. The largest absolute Gasteiger partial charge is 0.497 e. The summed E-state index contributed by atoms with van der Waals surface area (Å²) >= 11 is 0. The van der Waals surface area contributed by atoms with E-state index in [0.29, 0.717) is 17.1 Å². The smallest absolute Gasteiger partial charge is 0.343 e. The Morgan fingerprint density at radius 2 is 1.76 bits per heavy atom. The Bertz CT molecular complexity index is 1130. The van der Waals surface area contributed by atoms with Crippen molar-refractivity contribution in [3.8, 4) is 17.2 Å². The Labute approximate surface area is 166 Å². The van der Waals surface area contributed by atoms with Crippen LogP contribution in [0.1, 0.15) is 26.3 Å². The highest BCUT2D eigenvalue weighted by atomic mass is 19.1. The molecule has 1 heterocycles. The van der Waals surface area contributed by atoms with Gasteiger partial charge in [-0.25, -0.2) is 9.18 Å². The number of fused-ring (bicyclic) bond motifs is 1. The van der Waals surface area contributed by atoms with Crippen molar-refractivity contribution in [2.75, 3.05) is 7.11 Å². The lowest BCUT2D eigenvalue weighted by atomic mass is 10.1. The number of methoxy groups -OCH3 is 1. The molecule has 1 aliphatic rings. The van der Waals surface area contributed by atoms with Crippen LogP contribution in [0.4, 0.5) is 4.39 Å². The van der Waals surface area contributed by atoms with Gasteiger partial charge in [-0.15, -0.1) is 0 Å². The molecule has 0 amide bonds. The maximum Gasteiger partial charge on any atom is 0.343 e. The number of hydrogen-bond donors (Lipinski definition) is 0. The Kier molecular flexibility index (Phi) is 4.83. The Morgan fingerprint density at radius 3 is 2.48 bits per heavy atom. The molecule has 0 aromatic heterocycles. The minimum atomic E-state index is -0.706.